The van der Waals surface area contributed by atoms with Crippen LogP contribution in [-0.4, -0.2) is 102 Å². The Labute approximate surface area is 321 Å². The predicted molar refractivity (Wildman–Crippen MR) is 201 cm³/mol. The van der Waals surface area contributed by atoms with Gasteiger partial charge in [-0.05, 0) is 83.4 Å². The summed E-state index contributed by atoms with van der Waals surface area (Å²) in [6.45, 7) is 4.50. The van der Waals surface area contributed by atoms with E-state index < -0.39 is 67.7 Å². The maximum Gasteiger partial charge on any atom is 0.405 e. The SMILES string of the molecule is COCCCOc1ccc2nc(C)c3c(c2c1)CC[C@]1(C[C@H]2C(=O)N[C@]4(C(=O)NS(=O)(=O)C5(C)CC5)C[C@H]4/C=C\CCCCC[C@H](NC(=O)O)C(=O)N2C1)O3. The number of amides is 4. The van der Waals surface area contributed by atoms with Crippen LogP contribution < -0.4 is 24.8 Å². The van der Waals surface area contributed by atoms with Crippen molar-refractivity contribution in [2.45, 2.75) is 119 Å². The van der Waals surface area contributed by atoms with Gasteiger partial charge in [-0.15, -0.1) is 0 Å². The Bertz CT molecular complexity index is 2020. The van der Waals surface area contributed by atoms with Gasteiger partial charge in [0.15, 0.2) is 0 Å². The molecule has 7 rings (SSSR count). The lowest BCUT2D eigenvalue weighted by molar-refractivity contribution is -0.141. The van der Waals surface area contributed by atoms with Crippen LogP contribution in [0.4, 0.5) is 4.79 Å². The van der Waals surface area contributed by atoms with E-state index in [4.69, 9.17) is 19.2 Å². The molecule has 5 aliphatic rings. The minimum absolute atomic E-state index is 0.00342. The Balaban J connectivity index is 1.21. The Kier molecular flexibility index (Phi) is 10.5. The smallest absolute Gasteiger partial charge is 0.405 e. The highest BCUT2D eigenvalue weighted by molar-refractivity contribution is 7.91. The van der Waals surface area contributed by atoms with E-state index in [9.17, 15) is 32.7 Å². The standard InChI is InChI=1S/C39H51N5O10S/c1-24-32-27(28-20-26(12-13-29(28)40-24)53-19-9-18-52-3)14-15-38(54-32)22-31-33(45)42-39(35(47)43-55(50,51)37(2)16-17-37)21-25(39)10-7-5-4-6-8-11-30(41-36(48)49)34(46)44(31)23-38/h7,10,12-13,20,25,30-31,41H,4-6,8-9,11,14-19,21-23H2,1-3H3,(H,42,45)(H,43,47)(H,48,49)/b10-7-/t25-,30+,31+,38-,39-/m1/s1. The molecule has 0 radical (unpaired) electrons. The largest absolute Gasteiger partial charge is 0.493 e. The van der Waals surface area contributed by atoms with E-state index in [1.807, 2.05) is 37.3 Å². The van der Waals surface area contributed by atoms with E-state index in [0.29, 0.717) is 68.9 Å². The third-order valence-electron chi connectivity index (χ3n) is 12.0. The van der Waals surface area contributed by atoms with Gasteiger partial charge in [-0.25, -0.2) is 18.2 Å². The van der Waals surface area contributed by atoms with Crippen molar-refractivity contribution in [3.8, 4) is 11.5 Å². The summed E-state index contributed by atoms with van der Waals surface area (Å²) in [6, 6.07) is 3.49. The fourth-order valence-electron chi connectivity index (χ4n) is 8.30. The minimum atomic E-state index is -4.00. The second-order valence-electron chi connectivity index (χ2n) is 16.1. The summed E-state index contributed by atoms with van der Waals surface area (Å²) in [5, 5.41) is 15.9. The molecule has 3 aliphatic heterocycles. The van der Waals surface area contributed by atoms with E-state index in [1.165, 1.54) is 4.90 Å². The normalized spacial score (nSPS) is 29.4. The summed E-state index contributed by atoms with van der Waals surface area (Å²) in [4.78, 5) is 60.9. The van der Waals surface area contributed by atoms with Crippen LogP contribution in [0.15, 0.2) is 30.4 Å². The number of allylic oxidation sites excluding steroid dienone is 1. The first-order valence-electron chi connectivity index (χ1n) is 19.3. The van der Waals surface area contributed by atoms with E-state index in [1.54, 1.807) is 14.0 Å². The van der Waals surface area contributed by atoms with Gasteiger partial charge in [0, 0.05) is 43.4 Å². The average Bonchev–Trinajstić information content (AvgIpc) is 4.03. The number of pyridine rings is 1. The summed E-state index contributed by atoms with van der Waals surface area (Å²) >= 11 is 0. The molecule has 4 heterocycles. The van der Waals surface area contributed by atoms with Gasteiger partial charge in [-0.1, -0.05) is 25.0 Å². The van der Waals surface area contributed by atoms with Crippen molar-refractivity contribution in [1.29, 1.82) is 0 Å². The van der Waals surface area contributed by atoms with Crippen LogP contribution in [0.5, 0.6) is 11.5 Å². The second-order valence-corrected chi connectivity index (χ2v) is 18.3. The number of hydrogen-bond acceptors (Lipinski definition) is 10. The topological polar surface area (TPSA) is 203 Å². The van der Waals surface area contributed by atoms with E-state index in [-0.39, 0.29) is 25.8 Å². The fraction of sp³-hybridized carbons (Fsp3) is 0.615. The zero-order valence-corrected chi connectivity index (χ0v) is 32.5. The fourth-order valence-corrected chi connectivity index (χ4v) is 9.61. The minimum Gasteiger partial charge on any atom is -0.493 e. The van der Waals surface area contributed by atoms with Crippen LogP contribution >= 0.6 is 0 Å². The molecule has 4 N–H and O–H groups in total. The number of rotatable bonds is 9. The molecule has 55 heavy (non-hydrogen) atoms. The molecule has 3 fully saturated rings. The lowest BCUT2D eigenvalue weighted by atomic mass is 9.87. The summed E-state index contributed by atoms with van der Waals surface area (Å²) in [5.41, 5.74) is -0.186. The Morgan fingerprint density at radius 3 is 2.67 bits per heavy atom. The molecule has 0 unspecified atom stereocenters. The monoisotopic (exact) mass is 781 g/mol. The van der Waals surface area contributed by atoms with Crippen molar-refractivity contribution in [3.63, 3.8) is 0 Å². The molecule has 2 saturated carbocycles. The molecule has 1 aromatic carbocycles. The number of hydrogen-bond donors (Lipinski definition) is 4. The van der Waals surface area contributed by atoms with Crippen LogP contribution in [-0.2, 0) is 35.6 Å². The lowest BCUT2D eigenvalue weighted by Gasteiger charge is -2.36. The number of sulfonamides is 1. The lowest BCUT2D eigenvalue weighted by Crippen LogP contribution is -2.58. The molecular weight excluding hydrogens is 731 g/mol. The van der Waals surface area contributed by atoms with Gasteiger partial charge in [0.05, 0.1) is 29.1 Å². The molecule has 2 aliphatic carbocycles. The average molecular weight is 782 g/mol. The number of aromatic nitrogens is 1. The molecule has 1 saturated heterocycles. The maximum atomic E-state index is 14.5. The first-order chi connectivity index (χ1) is 26.2. The summed E-state index contributed by atoms with van der Waals surface area (Å²) < 4.78 is 45.5. The Morgan fingerprint density at radius 1 is 1.13 bits per heavy atom. The molecule has 2 aromatic rings. The first-order valence-corrected chi connectivity index (χ1v) is 20.8. The van der Waals surface area contributed by atoms with Crippen molar-refractivity contribution in [2.24, 2.45) is 5.92 Å². The Morgan fingerprint density at radius 2 is 1.93 bits per heavy atom. The zero-order valence-electron chi connectivity index (χ0n) is 31.6. The van der Waals surface area contributed by atoms with Gasteiger partial charge in [0.2, 0.25) is 21.8 Å². The van der Waals surface area contributed by atoms with Gasteiger partial charge >= 0.3 is 6.09 Å². The molecule has 1 spiro atoms. The van der Waals surface area contributed by atoms with Crippen LogP contribution in [0.2, 0.25) is 0 Å². The molecule has 15 nitrogen and oxygen atoms in total. The van der Waals surface area contributed by atoms with Gasteiger partial charge < -0.3 is 34.9 Å². The number of carbonyl (C=O) groups excluding carboxylic acids is 3. The highest BCUT2D eigenvalue weighted by Crippen LogP contribution is 2.49. The van der Waals surface area contributed by atoms with E-state index in [2.05, 4.69) is 15.4 Å². The number of methoxy groups -OCH3 is 1. The third-order valence-corrected chi connectivity index (χ3v) is 14.2. The van der Waals surface area contributed by atoms with Crippen molar-refractivity contribution in [1.82, 2.24) is 25.2 Å². The number of ether oxygens (including phenoxy) is 3. The highest BCUT2D eigenvalue weighted by Gasteiger charge is 2.64. The number of benzene rings is 1. The zero-order chi connectivity index (χ0) is 39.2. The molecule has 16 heteroatoms. The van der Waals surface area contributed by atoms with Gasteiger partial charge in [-0.3, -0.25) is 19.1 Å². The predicted octanol–water partition coefficient (Wildman–Crippen LogP) is 3.65. The van der Waals surface area contributed by atoms with E-state index in [0.717, 1.165) is 35.7 Å². The van der Waals surface area contributed by atoms with Crippen molar-refractivity contribution < 1.29 is 46.9 Å². The second kappa shape index (κ2) is 14.9. The van der Waals surface area contributed by atoms with Crippen molar-refractivity contribution in [3.05, 3.63) is 41.6 Å². The number of carboxylic acid groups (broad SMARTS) is 1. The number of nitrogens with one attached hydrogen (secondary N) is 3. The van der Waals surface area contributed by atoms with Crippen LogP contribution in [0.25, 0.3) is 10.9 Å². The Hall–Kier alpha value is -4.44. The van der Waals surface area contributed by atoms with Crippen LogP contribution in [0.1, 0.15) is 88.8 Å². The van der Waals surface area contributed by atoms with Crippen LogP contribution in [0.3, 0.4) is 0 Å². The number of nitrogens with zero attached hydrogens (tertiary/aromatic N) is 2. The molecule has 0 bridgehead atoms. The van der Waals surface area contributed by atoms with Gasteiger partial charge in [-0.2, -0.15) is 0 Å². The number of carbonyl (C=O) groups is 4. The van der Waals surface area contributed by atoms with Crippen molar-refractivity contribution >= 4 is 44.7 Å². The molecular formula is C39H51N5O10S. The quantitative estimate of drug-likeness (QED) is 0.214. The first kappa shape index (κ1) is 38.8. The van der Waals surface area contributed by atoms with Gasteiger partial charge in [0.25, 0.3) is 5.91 Å². The number of aryl methyl sites for hydroxylation is 2. The third kappa shape index (κ3) is 7.71. The van der Waals surface area contributed by atoms with Gasteiger partial charge in [0.1, 0.15) is 34.7 Å². The van der Waals surface area contributed by atoms with Crippen molar-refractivity contribution in [2.75, 3.05) is 26.9 Å². The molecule has 298 valence electrons. The summed E-state index contributed by atoms with van der Waals surface area (Å²) in [7, 11) is -2.35. The number of fused-ring (bicyclic) bond motifs is 5. The molecule has 5 atom stereocenters. The maximum absolute atomic E-state index is 14.5. The van der Waals surface area contributed by atoms with Crippen LogP contribution in [0, 0.1) is 12.8 Å². The summed E-state index contributed by atoms with van der Waals surface area (Å²) in [6.07, 6.45) is 8.28. The summed E-state index contributed by atoms with van der Waals surface area (Å²) in [5.74, 6) is -1.18. The highest BCUT2D eigenvalue weighted by atomic mass is 32.2. The molecule has 1 aromatic heterocycles. The molecule has 4 amide bonds. The van der Waals surface area contributed by atoms with E-state index >= 15 is 0 Å².